The van der Waals surface area contributed by atoms with Crippen molar-refractivity contribution < 1.29 is 27.1 Å². The minimum absolute atomic E-state index is 0.120. The van der Waals surface area contributed by atoms with Crippen molar-refractivity contribution in [2.75, 3.05) is 31.1 Å². The lowest BCUT2D eigenvalue weighted by Gasteiger charge is -2.35. The number of alkyl halides is 3. The number of aromatic nitrogens is 4. The number of hydrogen-bond acceptors (Lipinski definition) is 6. The van der Waals surface area contributed by atoms with Crippen molar-refractivity contribution in [3.05, 3.63) is 60.2 Å². The van der Waals surface area contributed by atoms with Crippen LogP contribution in [0.15, 0.2) is 48.5 Å². The summed E-state index contributed by atoms with van der Waals surface area (Å²) in [6.07, 6.45) is -4.78. The van der Waals surface area contributed by atoms with Gasteiger partial charge in [0.15, 0.2) is 0 Å². The van der Waals surface area contributed by atoms with Gasteiger partial charge in [-0.25, -0.2) is 4.39 Å². The summed E-state index contributed by atoms with van der Waals surface area (Å²) < 4.78 is 53.6. The highest BCUT2D eigenvalue weighted by atomic mass is 19.4. The fourth-order valence-corrected chi connectivity index (χ4v) is 3.15. The van der Waals surface area contributed by atoms with Crippen LogP contribution in [-0.4, -0.2) is 63.6 Å². The van der Waals surface area contributed by atoms with Gasteiger partial charge in [0.25, 0.3) is 11.7 Å². The van der Waals surface area contributed by atoms with Gasteiger partial charge in [0.05, 0.1) is 5.69 Å². The van der Waals surface area contributed by atoms with E-state index in [0.717, 1.165) is 22.6 Å². The van der Waals surface area contributed by atoms with Gasteiger partial charge in [-0.3, -0.25) is 4.79 Å². The van der Waals surface area contributed by atoms with Crippen LogP contribution in [0.25, 0.3) is 5.69 Å². The molecule has 3 aromatic rings. The summed E-state index contributed by atoms with van der Waals surface area (Å²) in [7, 11) is 0. The van der Waals surface area contributed by atoms with E-state index in [4.69, 9.17) is 0 Å². The molecule has 1 saturated heterocycles. The maximum Gasteiger partial charge on any atom is 0.573 e. The molecule has 0 saturated carbocycles. The second-order valence-electron chi connectivity index (χ2n) is 6.70. The number of piperazine rings is 1. The molecule has 0 N–H and O–H groups in total. The lowest BCUT2D eigenvalue weighted by Crippen LogP contribution is -2.49. The molecule has 0 bridgehead atoms. The molecule has 4 rings (SSSR count). The minimum Gasteiger partial charge on any atom is -0.406 e. The average molecular weight is 436 g/mol. The van der Waals surface area contributed by atoms with Crippen molar-refractivity contribution >= 4 is 11.6 Å². The molecule has 0 spiro atoms. The van der Waals surface area contributed by atoms with Crippen molar-refractivity contribution in [3.8, 4) is 11.4 Å². The van der Waals surface area contributed by atoms with Gasteiger partial charge in [-0.05, 0) is 53.7 Å². The van der Waals surface area contributed by atoms with Crippen LogP contribution in [0.2, 0.25) is 0 Å². The number of anilines is 1. The smallest absolute Gasteiger partial charge is 0.406 e. The van der Waals surface area contributed by atoms with Crippen LogP contribution in [0.1, 0.15) is 10.6 Å². The maximum absolute atomic E-state index is 13.1. The van der Waals surface area contributed by atoms with E-state index in [1.165, 1.54) is 24.3 Å². The Kier molecular flexibility index (Phi) is 5.44. The number of hydrogen-bond donors (Lipinski definition) is 0. The zero-order valence-corrected chi connectivity index (χ0v) is 16.0. The van der Waals surface area contributed by atoms with Crippen LogP contribution in [0.4, 0.5) is 23.2 Å². The molecule has 0 unspecified atom stereocenters. The molecule has 1 aromatic heterocycles. The van der Waals surface area contributed by atoms with E-state index >= 15 is 0 Å². The lowest BCUT2D eigenvalue weighted by atomic mass is 10.2. The second kappa shape index (κ2) is 8.20. The van der Waals surface area contributed by atoms with E-state index in [-0.39, 0.29) is 17.4 Å². The Morgan fingerprint density at radius 2 is 1.52 bits per heavy atom. The summed E-state index contributed by atoms with van der Waals surface area (Å²) in [5.74, 6) is -1.21. The van der Waals surface area contributed by atoms with Gasteiger partial charge >= 0.3 is 6.36 Å². The monoisotopic (exact) mass is 436 g/mol. The molecule has 2 aromatic carbocycles. The molecule has 12 heteroatoms. The lowest BCUT2D eigenvalue weighted by molar-refractivity contribution is -0.274. The summed E-state index contributed by atoms with van der Waals surface area (Å²) in [5.41, 5.74) is 1.19. The molecule has 1 fully saturated rings. The highest BCUT2D eigenvalue weighted by Gasteiger charge is 2.31. The molecule has 0 radical (unpaired) electrons. The first-order chi connectivity index (χ1) is 14.8. The summed E-state index contributed by atoms with van der Waals surface area (Å²) in [6.45, 7) is 1.97. The van der Waals surface area contributed by atoms with Gasteiger partial charge in [0.1, 0.15) is 11.6 Å². The SMILES string of the molecule is O=C(c1nnn(-c2ccc(OC(F)(F)F)cc2)n1)N1CCN(c2ccc(F)cc2)CC1. The molecule has 1 aliphatic heterocycles. The first-order valence-corrected chi connectivity index (χ1v) is 9.24. The largest absolute Gasteiger partial charge is 0.573 e. The number of carbonyl (C=O) groups is 1. The van der Waals surface area contributed by atoms with Crippen LogP contribution in [0.5, 0.6) is 5.75 Å². The Morgan fingerprint density at radius 1 is 0.903 bits per heavy atom. The Morgan fingerprint density at radius 3 is 2.13 bits per heavy atom. The molecule has 8 nitrogen and oxygen atoms in total. The van der Waals surface area contributed by atoms with E-state index in [1.54, 1.807) is 17.0 Å². The average Bonchev–Trinajstić information content (AvgIpc) is 3.24. The Bertz CT molecular complexity index is 1040. The zero-order valence-electron chi connectivity index (χ0n) is 16.0. The fourth-order valence-electron chi connectivity index (χ4n) is 3.15. The highest BCUT2D eigenvalue weighted by molar-refractivity contribution is 5.90. The molecule has 1 aliphatic rings. The van der Waals surface area contributed by atoms with Crippen molar-refractivity contribution in [2.45, 2.75) is 6.36 Å². The number of benzene rings is 2. The summed E-state index contributed by atoms with van der Waals surface area (Å²) >= 11 is 0. The quantitative estimate of drug-likeness (QED) is 0.586. The predicted octanol–water partition coefficient (Wildman–Crippen LogP) is 2.66. The highest BCUT2D eigenvalue weighted by Crippen LogP contribution is 2.23. The van der Waals surface area contributed by atoms with E-state index in [2.05, 4.69) is 20.1 Å². The van der Waals surface area contributed by atoms with Gasteiger partial charge in [0.2, 0.25) is 0 Å². The molecule has 31 heavy (non-hydrogen) atoms. The number of ether oxygens (including phenoxy) is 1. The van der Waals surface area contributed by atoms with Gasteiger partial charge in [0, 0.05) is 31.9 Å². The van der Waals surface area contributed by atoms with Crippen molar-refractivity contribution in [3.63, 3.8) is 0 Å². The van der Waals surface area contributed by atoms with Crippen LogP contribution in [0, 0.1) is 5.82 Å². The van der Waals surface area contributed by atoms with Gasteiger partial charge in [-0.2, -0.15) is 0 Å². The van der Waals surface area contributed by atoms with Crippen LogP contribution in [0.3, 0.4) is 0 Å². The molecular formula is C19H16F4N6O2. The maximum atomic E-state index is 13.1. The standard InChI is InChI=1S/C19H16F4N6O2/c20-13-1-3-14(4-2-13)27-9-11-28(12-10-27)18(30)17-24-26-29(25-17)15-5-7-16(8-6-15)31-19(21,22)23/h1-8H,9-12H2. The number of amides is 1. The topological polar surface area (TPSA) is 76.4 Å². The van der Waals surface area contributed by atoms with Crippen LogP contribution >= 0.6 is 0 Å². The second-order valence-corrected chi connectivity index (χ2v) is 6.70. The third kappa shape index (κ3) is 4.90. The Hall–Kier alpha value is -3.70. The van der Waals surface area contributed by atoms with E-state index in [0.29, 0.717) is 31.9 Å². The Labute approximate surface area is 173 Å². The summed E-state index contributed by atoms with van der Waals surface area (Å²) in [5, 5.41) is 11.6. The first-order valence-electron chi connectivity index (χ1n) is 9.24. The normalized spacial score (nSPS) is 14.6. The fraction of sp³-hybridized carbons (Fsp3) is 0.263. The number of carbonyl (C=O) groups excluding carboxylic acids is 1. The summed E-state index contributed by atoms with van der Waals surface area (Å²) in [4.78, 5) is 17.4. The summed E-state index contributed by atoms with van der Waals surface area (Å²) in [6, 6.07) is 11.0. The van der Waals surface area contributed by atoms with Gasteiger partial charge in [-0.15, -0.1) is 28.2 Å². The van der Waals surface area contributed by atoms with E-state index in [9.17, 15) is 22.4 Å². The zero-order chi connectivity index (χ0) is 22.0. The minimum atomic E-state index is -4.78. The van der Waals surface area contributed by atoms with Gasteiger partial charge < -0.3 is 14.5 Å². The number of nitrogens with zero attached hydrogens (tertiary/aromatic N) is 6. The van der Waals surface area contributed by atoms with Crippen molar-refractivity contribution in [1.29, 1.82) is 0 Å². The molecule has 162 valence electrons. The van der Waals surface area contributed by atoms with Crippen molar-refractivity contribution in [2.24, 2.45) is 0 Å². The van der Waals surface area contributed by atoms with Crippen LogP contribution < -0.4 is 9.64 Å². The van der Waals surface area contributed by atoms with Gasteiger partial charge in [-0.1, -0.05) is 0 Å². The predicted molar refractivity (Wildman–Crippen MR) is 100 cm³/mol. The Balaban J connectivity index is 1.38. The van der Waals surface area contributed by atoms with E-state index in [1.807, 2.05) is 4.90 Å². The molecular weight excluding hydrogens is 420 g/mol. The molecule has 1 amide bonds. The number of tetrazole rings is 1. The first kappa shape index (κ1) is 20.6. The third-order valence-electron chi connectivity index (χ3n) is 4.66. The number of halogens is 4. The van der Waals surface area contributed by atoms with E-state index < -0.39 is 12.3 Å². The van der Waals surface area contributed by atoms with Crippen LogP contribution in [-0.2, 0) is 0 Å². The van der Waals surface area contributed by atoms with Crippen molar-refractivity contribution in [1.82, 2.24) is 25.1 Å². The molecule has 0 atom stereocenters. The molecule has 2 heterocycles. The molecule has 0 aliphatic carbocycles. The third-order valence-corrected chi connectivity index (χ3v) is 4.66. The number of rotatable bonds is 4.